The van der Waals surface area contributed by atoms with E-state index in [1.54, 1.807) is 29.9 Å². The van der Waals surface area contributed by atoms with E-state index in [0.717, 1.165) is 22.8 Å². The first kappa shape index (κ1) is 12.1. The van der Waals surface area contributed by atoms with Crippen molar-refractivity contribution >= 4 is 11.3 Å². The zero-order valence-corrected chi connectivity index (χ0v) is 10.7. The molecule has 0 saturated heterocycles. The summed E-state index contributed by atoms with van der Waals surface area (Å²) in [5, 5.41) is 1.06. The number of thiazole rings is 1. The quantitative estimate of drug-likeness (QED) is 0.631. The lowest BCUT2D eigenvalue weighted by Crippen LogP contribution is -2.30. The Balaban J connectivity index is 2.15. The zero-order valence-electron chi connectivity index (χ0n) is 9.84. The minimum atomic E-state index is -0.0475. The second kappa shape index (κ2) is 5.31. The summed E-state index contributed by atoms with van der Waals surface area (Å²) in [5.41, 5.74) is 4.68. The molecular formula is C11H15N5S. The standard InChI is InChI=1S/C11H15N5S/c1-7-8(2)17-11(15-7)5-9(16-12)10-6-13-3-4-14-10/h3-4,6,9,16H,5,12H2,1-2H3. The van der Waals surface area contributed by atoms with E-state index in [2.05, 4.69) is 27.3 Å². The van der Waals surface area contributed by atoms with Crippen LogP contribution in [0, 0.1) is 13.8 Å². The van der Waals surface area contributed by atoms with Crippen LogP contribution < -0.4 is 11.3 Å². The first-order chi connectivity index (χ1) is 8.20. The van der Waals surface area contributed by atoms with E-state index in [0.29, 0.717) is 0 Å². The van der Waals surface area contributed by atoms with Gasteiger partial charge in [0.2, 0.25) is 0 Å². The molecule has 0 radical (unpaired) electrons. The number of nitrogens with zero attached hydrogens (tertiary/aromatic N) is 3. The molecule has 3 N–H and O–H groups in total. The van der Waals surface area contributed by atoms with Crippen molar-refractivity contribution in [1.82, 2.24) is 20.4 Å². The third-order valence-corrected chi connectivity index (χ3v) is 3.69. The molecule has 0 spiro atoms. The van der Waals surface area contributed by atoms with Crippen LogP contribution in [0.2, 0.25) is 0 Å². The normalized spacial score (nSPS) is 12.6. The molecule has 1 atom stereocenters. The number of aromatic nitrogens is 3. The van der Waals surface area contributed by atoms with Crippen LogP contribution in [-0.4, -0.2) is 15.0 Å². The highest BCUT2D eigenvalue weighted by atomic mass is 32.1. The lowest BCUT2D eigenvalue weighted by molar-refractivity contribution is 0.535. The fraction of sp³-hybridized carbons (Fsp3) is 0.364. The molecule has 2 aromatic rings. The van der Waals surface area contributed by atoms with Crippen LogP contribution in [0.5, 0.6) is 0 Å². The maximum atomic E-state index is 5.56. The first-order valence-corrected chi connectivity index (χ1v) is 6.17. The zero-order chi connectivity index (χ0) is 12.3. The second-order valence-electron chi connectivity index (χ2n) is 3.80. The number of nitrogens with one attached hydrogen (secondary N) is 1. The molecule has 0 aliphatic rings. The molecule has 2 aromatic heterocycles. The summed E-state index contributed by atoms with van der Waals surface area (Å²) in [4.78, 5) is 14.0. The van der Waals surface area contributed by atoms with Crippen LogP contribution in [0.4, 0.5) is 0 Å². The Morgan fingerprint density at radius 2 is 2.24 bits per heavy atom. The topological polar surface area (TPSA) is 76.7 Å². The smallest absolute Gasteiger partial charge is 0.0950 e. The van der Waals surface area contributed by atoms with Gasteiger partial charge in [0.1, 0.15) is 0 Å². The van der Waals surface area contributed by atoms with E-state index >= 15 is 0 Å². The predicted octanol–water partition coefficient (Wildman–Crippen LogP) is 1.30. The summed E-state index contributed by atoms with van der Waals surface area (Å²) in [6.45, 7) is 4.09. The molecule has 0 aliphatic heterocycles. The molecule has 0 aliphatic carbocycles. The molecule has 2 rings (SSSR count). The van der Waals surface area contributed by atoms with Gasteiger partial charge in [-0.15, -0.1) is 11.3 Å². The molecule has 17 heavy (non-hydrogen) atoms. The molecule has 0 saturated carbocycles. The van der Waals surface area contributed by atoms with E-state index in [1.807, 2.05) is 6.92 Å². The van der Waals surface area contributed by atoms with E-state index < -0.39 is 0 Å². The Labute approximate surface area is 104 Å². The highest BCUT2D eigenvalue weighted by Gasteiger charge is 2.14. The highest BCUT2D eigenvalue weighted by Crippen LogP contribution is 2.21. The molecular weight excluding hydrogens is 234 g/mol. The van der Waals surface area contributed by atoms with Gasteiger partial charge >= 0.3 is 0 Å². The molecule has 2 heterocycles. The second-order valence-corrected chi connectivity index (χ2v) is 5.09. The average Bonchev–Trinajstić information content (AvgIpc) is 2.67. The molecule has 6 heteroatoms. The molecule has 5 nitrogen and oxygen atoms in total. The average molecular weight is 249 g/mol. The fourth-order valence-electron chi connectivity index (χ4n) is 1.54. The Hall–Kier alpha value is -1.37. The summed E-state index contributed by atoms with van der Waals surface area (Å²) >= 11 is 1.70. The van der Waals surface area contributed by atoms with Crippen molar-refractivity contribution in [2.45, 2.75) is 26.3 Å². The summed E-state index contributed by atoms with van der Waals surface area (Å²) in [6, 6.07) is -0.0475. The number of rotatable bonds is 4. The minimum absolute atomic E-state index is 0.0475. The number of aryl methyl sites for hydroxylation is 2. The molecule has 0 aromatic carbocycles. The van der Waals surface area contributed by atoms with Gasteiger partial charge < -0.3 is 0 Å². The number of hydrogen-bond acceptors (Lipinski definition) is 6. The van der Waals surface area contributed by atoms with E-state index in [4.69, 9.17) is 5.84 Å². The summed E-state index contributed by atoms with van der Waals surface area (Å²) in [6.07, 6.45) is 5.76. The van der Waals surface area contributed by atoms with Gasteiger partial charge in [0.05, 0.1) is 28.6 Å². The van der Waals surface area contributed by atoms with Gasteiger partial charge in [-0.2, -0.15) is 0 Å². The highest BCUT2D eigenvalue weighted by molar-refractivity contribution is 7.11. The molecule has 0 bridgehead atoms. The van der Waals surface area contributed by atoms with E-state index in [-0.39, 0.29) is 6.04 Å². The molecule has 90 valence electrons. The van der Waals surface area contributed by atoms with Crippen molar-refractivity contribution in [3.05, 3.63) is 39.9 Å². The fourth-order valence-corrected chi connectivity index (χ4v) is 2.52. The van der Waals surface area contributed by atoms with Crippen LogP contribution in [0.25, 0.3) is 0 Å². The third-order valence-electron chi connectivity index (χ3n) is 2.59. The Bertz CT molecular complexity index is 462. The maximum absolute atomic E-state index is 5.56. The van der Waals surface area contributed by atoms with Crippen LogP contribution in [0.1, 0.15) is 27.3 Å². The van der Waals surface area contributed by atoms with Gasteiger partial charge in [0.15, 0.2) is 0 Å². The Kier molecular flexibility index (Phi) is 3.78. The van der Waals surface area contributed by atoms with Crippen molar-refractivity contribution in [3.8, 4) is 0 Å². The summed E-state index contributed by atoms with van der Waals surface area (Å²) < 4.78 is 0. The molecule has 0 amide bonds. The van der Waals surface area contributed by atoms with Gasteiger partial charge in [-0.25, -0.2) is 4.98 Å². The van der Waals surface area contributed by atoms with Gasteiger partial charge in [-0.1, -0.05) is 0 Å². The lowest BCUT2D eigenvalue weighted by atomic mass is 10.1. The number of hydrazine groups is 1. The van der Waals surface area contributed by atoms with Crippen LogP contribution in [-0.2, 0) is 6.42 Å². The lowest BCUT2D eigenvalue weighted by Gasteiger charge is -2.12. The monoisotopic (exact) mass is 249 g/mol. The largest absolute Gasteiger partial charge is 0.271 e. The van der Waals surface area contributed by atoms with Crippen molar-refractivity contribution < 1.29 is 0 Å². The number of nitrogens with two attached hydrogens (primary N) is 1. The van der Waals surface area contributed by atoms with E-state index in [1.165, 1.54) is 4.88 Å². The number of hydrogen-bond donors (Lipinski definition) is 2. The third kappa shape index (κ3) is 2.85. The molecule has 1 unspecified atom stereocenters. The van der Waals surface area contributed by atoms with Crippen molar-refractivity contribution in [3.63, 3.8) is 0 Å². The summed E-state index contributed by atoms with van der Waals surface area (Å²) in [7, 11) is 0. The van der Waals surface area contributed by atoms with Gasteiger partial charge in [0.25, 0.3) is 0 Å². The Morgan fingerprint density at radius 1 is 1.41 bits per heavy atom. The SMILES string of the molecule is Cc1nc(CC(NN)c2cnccn2)sc1C. The van der Waals surface area contributed by atoms with Crippen LogP contribution in [0.3, 0.4) is 0 Å². The maximum Gasteiger partial charge on any atom is 0.0950 e. The molecule has 0 fully saturated rings. The van der Waals surface area contributed by atoms with Crippen molar-refractivity contribution in [2.75, 3.05) is 0 Å². The summed E-state index contributed by atoms with van der Waals surface area (Å²) in [5.74, 6) is 5.56. The van der Waals surface area contributed by atoms with Gasteiger partial charge in [-0.3, -0.25) is 21.2 Å². The van der Waals surface area contributed by atoms with Crippen LogP contribution >= 0.6 is 11.3 Å². The predicted molar refractivity (Wildman–Crippen MR) is 67.4 cm³/mol. The van der Waals surface area contributed by atoms with E-state index in [9.17, 15) is 0 Å². The van der Waals surface area contributed by atoms with Crippen molar-refractivity contribution in [1.29, 1.82) is 0 Å². The van der Waals surface area contributed by atoms with Crippen molar-refractivity contribution in [2.24, 2.45) is 5.84 Å². The van der Waals surface area contributed by atoms with Gasteiger partial charge in [-0.05, 0) is 13.8 Å². The minimum Gasteiger partial charge on any atom is -0.271 e. The first-order valence-electron chi connectivity index (χ1n) is 5.35. The van der Waals surface area contributed by atoms with Crippen LogP contribution in [0.15, 0.2) is 18.6 Å². The van der Waals surface area contributed by atoms with Gasteiger partial charge in [0, 0.05) is 23.7 Å². The Morgan fingerprint density at radius 3 is 2.76 bits per heavy atom.